The lowest BCUT2D eigenvalue weighted by Crippen LogP contribution is -1.97. The minimum atomic E-state index is -0.382. The third-order valence-corrected chi connectivity index (χ3v) is 3.61. The molecule has 2 rings (SSSR count). The Hall–Kier alpha value is -1.55. The Morgan fingerprint density at radius 2 is 2.05 bits per heavy atom. The lowest BCUT2D eigenvalue weighted by Gasteiger charge is -2.11. The van der Waals surface area contributed by atoms with E-state index in [2.05, 4.69) is 19.0 Å². The van der Waals surface area contributed by atoms with Crippen LogP contribution in [0.25, 0.3) is 11.1 Å². The number of nitrogen functional groups attached to an aromatic ring is 1. The summed E-state index contributed by atoms with van der Waals surface area (Å²) < 4.78 is 18.5. The van der Waals surface area contributed by atoms with Gasteiger partial charge in [-0.1, -0.05) is 30.6 Å². The van der Waals surface area contributed by atoms with E-state index in [0.717, 1.165) is 18.6 Å². The van der Waals surface area contributed by atoms with Crippen molar-refractivity contribution in [3.8, 4) is 11.1 Å². The van der Waals surface area contributed by atoms with E-state index < -0.39 is 0 Å². The standard InChI is InChI=1S/C14H16ClFN2O/c1-3-8(4-2)13-12(14(17)18-19-13)10-6-5-9(16)7-11(10)15/h5-8H,3-4H2,1-2H3,(H2,17,18). The quantitative estimate of drug-likeness (QED) is 0.890. The Morgan fingerprint density at radius 1 is 1.37 bits per heavy atom. The highest BCUT2D eigenvalue weighted by atomic mass is 35.5. The first kappa shape index (κ1) is 13.9. The zero-order chi connectivity index (χ0) is 14.0. The molecule has 0 aliphatic rings. The SMILES string of the molecule is CCC(CC)c1onc(N)c1-c1ccc(F)cc1Cl. The van der Waals surface area contributed by atoms with Crippen LogP contribution in [0.2, 0.25) is 5.02 Å². The number of hydrogen-bond donors (Lipinski definition) is 1. The van der Waals surface area contributed by atoms with Gasteiger partial charge < -0.3 is 10.3 Å². The molecular formula is C14H16ClFN2O. The molecule has 0 saturated carbocycles. The smallest absolute Gasteiger partial charge is 0.175 e. The van der Waals surface area contributed by atoms with E-state index in [4.69, 9.17) is 21.9 Å². The van der Waals surface area contributed by atoms with Gasteiger partial charge >= 0.3 is 0 Å². The second kappa shape index (κ2) is 5.61. The molecule has 102 valence electrons. The second-order valence-corrected chi connectivity index (χ2v) is 4.85. The van der Waals surface area contributed by atoms with Gasteiger partial charge in [0.1, 0.15) is 11.6 Å². The highest BCUT2D eigenvalue weighted by Gasteiger charge is 2.23. The van der Waals surface area contributed by atoms with Crippen molar-refractivity contribution in [2.75, 3.05) is 5.73 Å². The lowest BCUT2D eigenvalue weighted by molar-refractivity contribution is 0.356. The molecule has 5 heteroatoms. The number of halogens is 2. The van der Waals surface area contributed by atoms with Crippen LogP contribution in [0.15, 0.2) is 22.7 Å². The van der Waals surface area contributed by atoms with E-state index in [0.29, 0.717) is 16.1 Å². The van der Waals surface area contributed by atoms with Crippen LogP contribution < -0.4 is 5.73 Å². The average molecular weight is 283 g/mol. The predicted octanol–water partition coefficient (Wildman–Crippen LogP) is 4.62. The first-order chi connectivity index (χ1) is 9.08. The van der Waals surface area contributed by atoms with Crippen molar-refractivity contribution >= 4 is 17.4 Å². The number of nitrogens with two attached hydrogens (primary N) is 1. The van der Waals surface area contributed by atoms with Gasteiger partial charge in [-0.05, 0) is 31.0 Å². The van der Waals surface area contributed by atoms with Crippen molar-refractivity contribution in [1.82, 2.24) is 5.16 Å². The predicted molar refractivity (Wildman–Crippen MR) is 74.6 cm³/mol. The highest BCUT2D eigenvalue weighted by molar-refractivity contribution is 6.33. The van der Waals surface area contributed by atoms with Gasteiger partial charge in [0.05, 0.1) is 10.6 Å². The molecule has 1 heterocycles. The van der Waals surface area contributed by atoms with Crippen molar-refractivity contribution in [1.29, 1.82) is 0 Å². The van der Waals surface area contributed by atoms with Crippen LogP contribution in [0.3, 0.4) is 0 Å². The van der Waals surface area contributed by atoms with E-state index in [1.54, 1.807) is 6.07 Å². The molecule has 0 aliphatic carbocycles. The summed E-state index contributed by atoms with van der Waals surface area (Å²) in [5, 5.41) is 4.13. The molecule has 2 N–H and O–H groups in total. The Kier molecular flexibility index (Phi) is 4.10. The minimum absolute atomic E-state index is 0.223. The van der Waals surface area contributed by atoms with Gasteiger partial charge in [0.25, 0.3) is 0 Å². The Morgan fingerprint density at radius 3 is 2.63 bits per heavy atom. The maximum Gasteiger partial charge on any atom is 0.175 e. The van der Waals surface area contributed by atoms with E-state index >= 15 is 0 Å². The van der Waals surface area contributed by atoms with E-state index in [1.807, 2.05) is 0 Å². The van der Waals surface area contributed by atoms with Crippen molar-refractivity contribution in [3.63, 3.8) is 0 Å². The lowest BCUT2D eigenvalue weighted by atomic mass is 9.94. The van der Waals surface area contributed by atoms with Gasteiger partial charge in [-0.15, -0.1) is 0 Å². The highest BCUT2D eigenvalue weighted by Crippen LogP contribution is 2.40. The second-order valence-electron chi connectivity index (χ2n) is 4.44. The summed E-state index contributed by atoms with van der Waals surface area (Å²) in [4.78, 5) is 0. The zero-order valence-corrected chi connectivity index (χ0v) is 11.7. The van der Waals surface area contributed by atoms with Crippen molar-refractivity contribution < 1.29 is 8.91 Å². The maximum absolute atomic E-state index is 13.1. The molecule has 0 radical (unpaired) electrons. The fourth-order valence-corrected chi connectivity index (χ4v) is 2.48. The van der Waals surface area contributed by atoms with Crippen LogP contribution in [0.4, 0.5) is 10.2 Å². The largest absolute Gasteiger partial charge is 0.380 e. The van der Waals surface area contributed by atoms with Gasteiger partial charge in [-0.25, -0.2) is 4.39 Å². The summed E-state index contributed by atoms with van der Waals surface area (Å²) in [6.07, 6.45) is 1.83. The average Bonchev–Trinajstić information content (AvgIpc) is 2.74. The molecule has 0 unspecified atom stereocenters. The summed E-state index contributed by atoms with van der Waals surface area (Å²) in [6, 6.07) is 4.22. The topological polar surface area (TPSA) is 52.0 Å². The van der Waals surface area contributed by atoms with Crippen LogP contribution in [-0.2, 0) is 0 Å². The Labute approximate surface area is 116 Å². The molecule has 0 atom stereocenters. The first-order valence-corrected chi connectivity index (χ1v) is 6.66. The number of anilines is 1. The monoisotopic (exact) mass is 282 g/mol. The van der Waals surface area contributed by atoms with Crippen LogP contribution in [-0.4, -0.2) is 5.16 Å². The van der Waals surface area contributed by atoms with Crippen LogP contribution in [0.1, 0.15) is 38.4 Å². The third kappa shape index (κ3) is 2.59. The molecule has 0 bridgehead atoms. The summed E-state index contributed by atoms with van der Waals surface area (Å²) in [5.41, 5.74) is 7.21. The van der Waals surface area contributed by atoms with E-state index in [1.165, 1.54) is 12.1 Å². The molecular weight excluding hydrogens is 267 g/mol. The number of nitrogens with zero attached hydrogens (tertiary/aromatic N) is 1. The molecule has 0 spiro atoms. The van der Waals surface area contributed by atoms with Crippen LogP contribution in [0.5, 0.6) is 0 Å². The summed E-state index contributed by atoms with van der Waals surface area (Å²) >= 11 is 6.09. The normalized spacial score (nSPS) is 11.2. The van der Waals surface area contributed by atoms with Gasteiger partial charge in [-0.3, -0.25) is 0 Å². The molecule has 19 heavy (non-hydrogen) atoms. The summed E-state index contributed by atoms with van der Waals surface area (Å²) in [6.45, 7) is 4.14. The fourth-order valence-electron chi connectivity index (χ4n) is 2.22. The number of rotatable bonds is 4. The number of hydrogen-bond acceptors (Lipinski definition) is 3. The third-order valence-electron chi connectivity index (χ3n) is 3.30. The molecule has 0 fully saturated rings. The zero-order valence-electron chi connectivity index (χ0n) is 10.9. The molecule has 0 saturated heterocycles. The van der Waals surface area contributed by atoms with Crippen molar-refractivity contribution in [2.24, 2.45) is 0 Å². The van der Waals surface area contributed by atoms with Crippen LogP contribution in [0, 0.1) is 5.82 Å². The minimum Gasteiger partial charge on any atom is -0.380 e. The van der Waals surface area contributed by atoms with Gasteiger partial charge in [-0.2, -0.15) is 0 Å². The van der Waals surface area contributed by atoms with E-state index in [9.17, 15) is 4.39 Å². The number of aromatic nitrogens is 1. The molecule has 2 aromatic rings. The van der Waals surface area contributed by atoms with E-state index in [-0.39, 0.29) is 17.6 Å². The van der Waals surface area contributed by atoms with Gasteiger partial charge in [0.15, 0.2) is 5.82 Å². The first-order valence-electron chi connectivity index (χ1n) is 6.28. The molecule has 0 aliphatic heterocycles. The molecule has 1 aromatic carbocycles. The molecule has 3 nitrogen and oxygen atoms in total. The molecule has 1 aromatic heterocycles. The van der Waals surface area contributed by atoms with Crippen molar-refractivity contribution in [2.45, 2.75) is 32.6 Å². The maximum atomic E-state index is 13.1. The molecule has 0 amide bonds. The summed E-state index contributed by atoms with van der Waals surface area (Å²) in [5.74, 6) is 0.847. The van der Waals surface area contributed by atoms with Gasteiger partial charge in [0.2, 0.25) is 0 Å². The fraction of sp³-hybridized carbons (Fsp3) is 0.357. The van der Waals surface area contributed by atoms with Crippen LogP contribution >= 0.6 is 11.6 Å². The number of benzene rings is 1. The Bertz CT molecular complexity index is 579. The van der Waals surface area contributed by atoms with Crippen molar-refractivity contribution in [3.05, 3.63) is 34.8 Å². The summed E-state index contributed by atoms with van der Waals surface area (Å²) in [7, 11) is 0. The van der Waals surface area contributed by atoms with Gasteiger partial charge in [0, 0.05) is 11.5 Å². The Balaban J connectivity index is 2.58.